The number of methoxy groups -OCH3 is 2. The maximum atomic E-state index is 12.9. The van der Waals surface area contributed by atoms with E-state index in [0.717, 1.165) is 0 Å². The average molecular weight is 433 g/mol. The smallest absolute Gasteiger partial charge is 0.287 e. The van der Waals surface area contributed by atoms with Crippen LogP contribution in [0.2, 0.25) is 0 Å². The Morgan fingerprint density at radius 3 is 2.38 bits per heavy atom. The van der Waals surface area contributed by atoms with Crippen LogP contribution in [0, 0.1) is 0 Å². The minimum atomic E-state index is -0.602. The molecule has 2 N–H and O–H groups in total. The lowest BCUT2D eigenvalue weighted by Gasteiger charge is -2.11. The van der Waals surface area contributed by atoms with Crippen LogP contribution in [0.3, 0.4) is 0 Å². The molecule has 0 saturated carbocycles. The molecule has 0 saturated heterocycles. The van der Waals surface area contributed by atoms with Gasteiger partial charge < -0.3 is 19.2 Å². The first kappa shape index (κ1) is 22.4. The molecule has 0 aliphatic heterocycles. The third-order valence-electron chi connectivity index (χ3n) is 4.45. The van der Waals surface area contributed by atoms with E-state index in [1.54, 1.807) is 67.6 Å². The lowest BCUT2D eigenvalue weighted by Crippen LogP contribution is -2.33. The second-order valence-electron chi connectivity index (χ2n) is 6.61. The highest BCUT2D eigenvalue weighted by atomic mass is 16.5. The number of amides is 2. The number of nitrogens with one attached hydrogen (secondary N) is 2. The molecule has 2 aromatic carbocycles. The second kappa shape index (κ2) is 10.6. The molecule has 3 rings (SSSR count). The van der Waals surface area contributed by atoms with E-state index in [1.807, 2.05) is 0 Å². The summed E-state index contributed by atoms with van der Waals surface area (Å²) in [5, 5.41) is 6.71. The van der Waals surface area contributed by atoms with E-state index in [9.17, 15) is 9.59 Å². The standard InChI is InChI=1S/C24H23N3O5/c1-16(20-10-7-13-32-20)26-27-24(29)19(25-23(28)18-8-5-4-6-9-18)14-17-11-12-21(30-2)22(15-17)31-3/h4-15H,1-3H3,(H,25,28)(H,27,29)/b19-14+,26-16-. The Bertz CT molecular complexity index is 1140. The average Bonchev–Trinajstić information content (AvgIpc) is 3.37. The molecule has 0 spiro atoms. The largest absolute Gasteiger partial charge is 0.493 e. The molecular formula is C24H23N3O5. The number of benzene rings is 2. The number of hydrogen-bond acceptors (Lipinski definition) is 6. The van der Waals surface area contributed by atoms with E-state index in [4.69, 9.17) is 13.9 Å². The molecule has 1 heterocycles. The number of rotatable bonds is 8. The molecule has 0 unspecified atom stereocenters. The van der Waals surface area contributed by atoms with Gasteiger partial charge in [0.05, 0.1) is 20.5 Å². The van der Waals surface area contributed by atoms with Crippen molar-refractivity contribution in [1.82, 2.24) is 10.7 Å². The molecule has 0 atom stereocenters. The summed E-state index contributed by atoms with van der Waals surface area (Å²) in [6.45, 7) is 1.69. The van der Waals surface area contributed by atoms with Crippen LogP contribution in [0.1, 0.15) is 28.6 Å². The molecule has 3 aromatic rings. The van der Waals surface area contributed by atoms with Crippen molar-refractivity contribution < 1.29 is 23.5 Å². The van der Waals surface area contributed by atoms with Gasteiger partial charge in [-0.05, 0) is 55.0 Å². The number of ether oxygens (including phenoxy) is 2. The number of nitrogens with zero attached hydrogens (tertiary/aromatic N) is 1. The highest BCUT2D eigenvalue weighted by Gasteiger charge is 2.15. The quantitative estimate of drug-likeness (QED) is 0.321. The molecule has 8 heteroatoms. The summed E-state index contributed by atoms with van der Waals surface area (Å²) < 4.78 is 15.8. The zero-order valence-electron chi connectivity index (χ0n) is 17.9. The van der Waals surface area contributed by atoms with Crippen LogP contribution in [0.15, 0.2) is 82.1 Å². The summed E-state index contributed by atoms with van der Waals surface area (Å²) >= 11 is 0. The molecule has 32 heavy (non-hydrogen) atoms. The molecule has 0 fully saturated rings. The third kappa shape index (κ3) is 5.63. The Morgan fingerprint density at radius 1 is 0.969 bits per heavy atom. The lowest BCUT2D eigenvalue weighted by molar-refractivity contribution is -0.117. The molecule has 0 bridgehead atoms. The van der Waals surface area contributed by atoms with Crippen LogP contribution in [0.4, 0.5) is 0 Å². The summed E-state index contributed by atoms with van der Waals surface area (Å²) in [6.07, 6.45) is 3.04. The van der Waals surface area contributed by atoms with Crippen molar-refractivity contribution >= 4 is 23.6 Å². The minimum Gasteiger partial charge on any atom is -0.493 e. The van der Waals surface area contributed by atoms with E-state index in [1.165, 1.54) is 26.6 Å². The Hall–Kier alpha value is -4.33. The van der Waals surface area contributed by atoms with Gasteiger partial charge in [-0.3, -0.25) is 9.59 Å². The molecular weight excluding hydrogens is 410 g/mol. The zero-order valence-corrected chi connectivity index (χ0v) is 17.9. The van der Waals surface area contributed by atoms with Gasteiger partial charge in [-0.25, -0.2) is 5.43 Å². The summed E-state index contributed by atoms with van der Waals surface area (Å²) in [7, 11) is 3.05. The number of carbonyl (C=O) groups excluding carboxylic acids is 2. The fourth-order valence-electron chi connectivity index (χ4n) is 2.79. The first-order valence-corrected chi connectivity index (χ1v) is 9.70. The van der Waals surface area contributed by atoms with E-state index >= 15 is 0 Å². The van der Waals surface area contributed by atoms with Crippen molar-refractivity contribution in [3.8, 4) is 11.5 Å². The Balaban J connectivity index is 1.90. The van der Waals surface area contributed by atoms with Crippen LogP contribution in [-0.4, -0.2) is 31.7 Å². The zero-order chi connectivity index (χ0) is 22.9. The highest BCUT2D eigenvalue weighted by Crippen LogP contribution is 2.28. The monoisotopic (exact) mass is 433 g/mol. The van der Waals surface area contributed by atoms with Gasteiger partial charge in [0.15, 0.2) is 11.5 Å². The molecule has 2 amide bonds. The van der Waals surface area contributed by atoms with E-state index in [2.05, 4.69) is 15.8 Å². The SMILES string of the molecule is COc1ccc(/C=C(/NC(=O)c2ccccc2)C(=O)N/N=C(/C)c2ccco2)cc1OC. The summed E-state index contributed by atoms with van der Waals surface area (Å²) in [6, 6.07) is 17.2. The van der Waals surface area contributed by atoms with Gasteiger partial charge in [-0.15, -0.1) is 0 Å². The Labute approximate surface area is 185 Å². The van der Waals surface area contributed by atoms with Crippen LogP contribution in [0.5, 0.6) is 11.5 Å². The fraction of sp³-hybridized carbons (Fsp3) is 0.125. The van der Waals surface area contributed by atoms with Crippen molar-refractivity contribution in [2.24, 2.45) is 5.10 Å². The van der Waals surface area contributed by atoms with Crippen LogP contribution >= 0.6 is 0 Å². The van der Waals surface area contributed by atoms with Gasteiger partial charge in [0.1, 0.15) is 17.2 Å². The maximum Gasteiger partial charge on any atom is 0.287 e. The lowest BCUT2D eigenvalue weighted by atomic mass is 10.1. The van der Waals surface area contributed by atoms with Crippen molar-refractivity contribution in [3.05, 3.63) is 89.5 Å². The van der Waals surface area contributed by atoms with Gasteiger partial charge in [0, 0.05) is 5.56 Å². The van der Waals surface area contributed by atoms with E-state index < -0.39 is 11.8 Å². The molecule has 0 radical (unpaired) electrons. The van der Waals surface area contributed by atoms with Crippen molar-refractivity contribution in [1.29, 1.82) is 0 Å². The Kier molecular flexibility index (Phi) is 7.42. The van der Waals surface area contributed by atoms with E-state index in [-0.39, 0.29) is 5.70 Å². The number of furan rings is 1. The predicted octanol–water partition coefficient (Wildman–Crippen LogP) is 3.61. The normalized spacial score (nSPS) is 11.6. The first-order valence-electron chi connectivity index (χ1n) is 9.70. The third-order valence-corrected chi connectivity index (χ3v) is 4.45. The minimum absolute atomic E-state index is 0.00191. The highest BCUT2D eigenvalue weighted by molar-refractivity contribution is 6.06. The number of carbonyl (C=O) groups is 2. The van der Waals surface area contributed by atoms with Gasteiger partial charge in [-0.2, -0.15) is 5.10 Å². The molecule has 8 nitrogen and oxygen atoms in total. The first-order chi connectivity index (χ1) is 15.5. The van der Waals surface area contributed by atoms with Crippen molar-refractivity contribution in [2.45, 2.75) is 6.92 Å². The van der Waals surface area contributed by atoms with Gasteiger partial charge in [0.25, 0.3) is 11.8 Å². The summed E-state index contributed by atoms with van der Waals surface area (Å²) in [5.74, 6) is 0.517. The van der Waals surface area contributed by atoms with Gasteiger partial charge >= 0.3 is 0 Å². The topological polar surface area (TPSA) is 102 Å². The fourth-order valence-corrected chi connectivity index (χ4v) is 2.79. The Morgan fingerprint density at radius 2 is 1.72 bits per heavy atom. The maximum absolute atomic E-state index is 12.9. The van der Waals surface area contributed by atoms with Crippen LogP contribution in [-0.2, 0) is 4.79 Å². The number of hydrogen-bond donors (Lipinski definition) is 2. The van der Waals surface area contributed by atoms with Crippen LogP contribution < -0.4 is 20.2 Å². The number of hydrazone groups is 1. The summed E-state index contributed by atoms with van der Waals surface area (Å²) in [4.78, 5) is 25.5. The molecule has 1 aromatic heterocycles. The summed E-state index contributed by atoms with van der Waals surface area (Å²) in [5.41, 5.74) is 3.96. The molecule has 0 aliphatic carbocycles. The van der Waals surface area contributed by atoms with Crippen LogP contribution in [0.25, 0.3) is 6.08 Å². The van der Waals surface area contributed by atoms with E-state index in [0.29, 0.717) is 34.1 Å². The second-order valence-corrected chi connectivity index (χ2v) is 6.61. The molecule has 0 aliphatic rings. The molecule has 164 valence electrons. The van der Waals surface area contributed by atoms with Crippen molar-refractivity contribution in [2.75, 3.05) is 14.2 Å². The predicted molar refractivity (Wildman–Crippen MR) is 120 cm³/mol. The van der Waals surface area contributed by atoms with Gasteiger partial charge in [-0.1, -0.05) is 24.3 Å². The van der Waals surface area contributed by atoms with Gasteiger partial charge in [0.2, 0.25) is 0 Å². The van der Waals surface area contributed by atoms with Crippen molar-refractivity contribution in [3.63, 3.8) is 0 Å².